The molecule has 0 saturated carbocycles. The molecule has 0 unspecified atom stereocenters. The first-order valence-corrected chi connectivity index (χ1v) is 19.7. The van der Waals surface area contributed by atoms with Crippen LogP contribution in [0.5, 0.6) is 0 Å². The average molecular weight is 659 g/mol. The molecule has 0 radical (unpaired) electrons. The van der Waals surface area contributed by atoms with Crippen molar-refractivity contribution in [3.8, 4) is 0 Å². The van der Waals surface area contributed by atoms with E-state index in [0.29, 0.717) is 45.3 Å². The quantitative estimate of drug-likeness (QED) is 0.0776. The smallest absolute Gasteiger partial charge is 0.302 e. The van der Waals surface area contributed by atoms with Gasteiger partial charge in [0.05, 0.1) is 37.4 Å². The highest BCUT2D eigenvalue weighted by molar-refractivity contribution is 6.74. The van der Waals surface area contributed by atoms with Crippen molar-refractivity contribution in [3.63, 3.8) is 0 Å². The van der Waals surface area contributed by atoms with Crippen molar-refractivity contribution in [2.75, 3.05) is 27.4 Å². The van der Waals surface area contributed by atoms with Gasteiger partial charge in [-0.3, -0.25) is 9.59 Å². The second kappa shape index (κ2) is 18.4. The Morgan fingerprint density at radius 3 is 1.98 bits per heavy atom. The summed E-state index contributed by atoms with van der Waals surface area (Å²) in [5.41, 5.74) is -0.0368. The van der Waals surface area contributed by atoms with Gasteiger partial charge in [-0.05, 0) is 42.8 Å². The third-order valence-corrected chi connectivity index (χ3v) is 14.6. The lowest BCUT2D eigenvalue weighted by Crippen LogP contribution is -2.48. The second-order valence-electron chi connectivity index (χ2n) is 15.7. The Morgan fingerprint density at radius 2 is 1.51 bits per heavy atom. The van der Waals surface area contributed by atoms with Crippen molar-refractivity contribution in [2.45, 2.75) is 150 Å². The summed E-state index contributed by atoms with van der Waals surface area (Å²) in [5, 5.41) is 0.0103. The molecule has 0 bridgehead atoms. The molecule has 10 heteroatoms. The van der Waals surface area contributed by atoms with Crippen LogP contribution in [-0.4, -0.2) is 84.5 Å². The molecule has 9 nitrogen and oxygen atoms in total. The van der Waals surface area contributed by atoms with Crippen LogP contribution in [0, 0.1) is 29.1 Å². The number of aldehydes is 1. The number of ketones is 1. The topological polar surface area (TPSA) is 107 Å². The zero-order valence-corrected chi connectivity index (χ0v) is 31.9. The summed E-state index contributed by atoms with van der Waals surface area (Å²) in [6.45, 7) is 25.9. The summed E-state index contributed by atoms with van der Waals surface area (Å²) >= 11 is 0. The van der Waals surface area contributed by atoms with Crippen LogP contribution < -0.4 is 0 Å². The van der Waals surface area contributed by atoms with Crippen LogP contribution in [-0.2, 0) is 42.5 Å². The first kappa shape index (κ1) is 41.8. The molecule has 0 spiro atoms. The molecule has 0 N–H and O–H groups in total. The minimum Gasteiger partial charge on any atom is -0.462 e. The molecule has 0 aromatic carbocycles. The van der Waals surface area contributed by atoms with Crippen molar-refractivity contribution >= 4 is 26.4 Å². The number of hydrogen-bond acceptors (Lipinski definition) is 9. The molecule has 1 rings (SSSR count). The van der Waals surface area contributed by atoms with Gasteiger partial charge in [0.1, 0.15) is 18.2 Å². The maximum absolute atomic E-state index is 13.5. The fourth-order valence-corrected chi connectivity index (χ4v) is 7.17. The maximum atomic E-state index is 13.5. The number of methoxy groups -OCH3 is 2. The van der Waals surface area contributed by atoms with Crippen LogP contribution in [0.1, 0.15) is 101 Å². The monoisotopic (exact) mass is 658 g/mol. The van der Waals surface area contributed by atoms with Crippen molar-refractivity contribution in [2.24, 2.45) is 29.1 Å². The number of hydrogen-bond donors (Lipinski definition) is 0. The van der Waals surface area contributed by atoms with Crippen LogP contribution in [0.2, 0.25) is 18.1 Å². The van der Waals surface area contributed by atoms with E-state index in [4.69, 9.17) is 28.1 Å². The summed E-state index contributed by atoms with van der Waals surface area (Å²) < 4.78 is 36.2. The lowest BCUT2D eigenvalue weighted by molar-refractivity contribution is -0.231. The SMILES string of the molecule is CO[C@@H](CC=O)[C@@H](C)[C@H](C[C@H](OC)[C@@H](C)CCC(=O)[C@H](C)[C@H](OC(C)=O)[C@H](C)CC1OCC(C)(C)CO1)O[Si](C)(C)C(C)(C)C. The van der Waals surface area contributed by atoms with E-state index < -0.39 is 26.3 Å². The molecular formula is C35H66O9Si. The normalized spacial score (nSPS) is 21.6. The van der Waals surface area contributed by atoms with Gasteiger partial charge < -0.3 is 32.9 Å². The predicted molar refractivity (Wildman–Crippen MR) is 180 cm³/mol. The fraction of sp³-hybridized carbons (Fsp3) is 0.914. The molecule has 1 aliphatic heterocycles. The molecule has 8 atom stereocenters. The van der Waals surface area contributed by atoms with Gasteiger partial charge in [-0.2, -0.15) is 0 Å². The zero-order chi connectivity index (χ0) is 34.8. The summed E-state index contributed by atoms with van der Waals surface area (Å²) in [6, 6.07) is 0. The largest absolute Gasteiger partial charge is 0.462 e. The molecule has 0 aromatic rings. The van der Waals surface area contributed by atoms with Crippen LogP contribution in [0.15, 0.2) is 0 Å². The standard InChI is InChI=1S/C35H66O9Si/c1-23(30(40-12)20-31(26(4)29(39-11)17-18-36)44-45(13,14)34(6,7)8)15-16-28(38)25(3)33(43-27(5)37)24(2)19-32-41-21-35(9,10)22-42-32/h18,23-26,29-33H,15-17,19-22H2,1-14H3/t23-,24+,25-,26+,29-,30-,31-,33+/m0/s1. The highest BCUT2D eigenvalue weighted by Gasteiger charge is 2.42. The van der Waals surface area contributed by atoms with E-state index in [0.717, 1.165) is 6.29 Å². The van der Waals surface area contributed by atoms with Gasteiger partial charge in [-0.1, -0.05) is 62.3 Å². The van der Waals surface area contributed by atoms with Crippen molar-refractivity contribution in [1.29, 1.82) is 0 Å². The molecule has 1 saturated heterocycles. The van der Waals surface area contributed by atoms with Crippen LogP contribution in [0.3, 0.4) is 0 Å². The summed E-state index contributed by atoms with van der Waals surface area (Å²) in [4.78, 5) is 37.0. The van der Waals surface area contributed by atoms with Gasteiger partial charge in [0, 0.05) is 51.7 Å². The molecule has 1 aliphatic rings. The lowest BCUT2D eigenvalue weighted by Gasteiger charge is -2.43. The average Bonchev–Trinajstić information content (AvgIpc) is 2.94. The van der Waals surface area contributed by atoms with E-state index in [1.54, 1.807) is 14.2 Å². The molecule has 0 aromatic heterocycles. The summed E-state index contributed by atoms with van der Waals surface area (Å²) in [7, 11) is 1.19. The van der Waals surface area contributed by atoms with Gasteiger partial charge in [0.2, 0.25) is 0 Å². The number of ether oxygens (including phenoxy) is 5. The number of Topliss-reactive ketones (excluding diaryl/α,β-unsaturated/α-hetero) is 1. The van der Waals surface area contributed by atoms with Gasteiger partial charge in [-0.15, -0.1) is 0 Å². The molecule has 1 fully saturated rings. The first-order valence-electron chi connectivity index (χ1n) is 16.8. The van der Waals surface area contributed by atoms with Crippen LogP contribution in [0.25, 0.3) is 0 Å². The fourth-order valence-electron chi connectivity index (χ4n) is 5.74. The third kappa shape index (κ3) is 13.5. The molecule has 264 valence electrons. The summed E-state index contributed by atoms with van der Waals surface area (Å²) in [5.74, 6) is -0.926. The highest BCUT2D eigenvalue weighted by Crippen LogP contribution is 2.40. The Morgan fingerprint density at radius 1 is 0.956 bits per heavy atom. The van der Waals surface area contributed by atoms with E-state index in [1.807, 2.05) is 13.8 Å². The Kier molecular flexibility index (Phi) is 17.1. The highest BCUT2D eigenvalue weighted by atomic mass is 28.4. The minimum atomic E-state index is -2.15. The van der Waals surface area contributed by atoms with Gasteiger partial charge in [0.25, 0.3) is 0 Å². The molecular weight excluding hydrogens is 592 g/mol. The molecule has 0 aliphatic carbocycles. The molecule has 0 amide bonds. The zero-order valence-electron chi connectivity index (χ0n) is 30.9. The Hall–Kier alpha value is -1.17. The van der Waals surface area contributed by atoms with E-state index in [2.05, 4.69) is 61.6 Å². The number of carbonyl (C=O) groups excluding carboxylic acids is 3. The molecule has 1 heterocycles. The maximum Gasteiger partial charge on any atom is 0.302 e. The van der Waals surface area contributed by atoms with Crippen LogP contribution >= 0.6 is 0 Å². The van der Waals surface area contributed by atoms with Crippen molar-refractivity contribution in [3.05, 3.63) is 0 Å². The molecule has 45 heavy (non-hydrogen) atoms. The van der Waals surface area contributed by atoms with E-state index in [-0.39, 0.29) is 58.6 Å². The Bertz CT molecular complexity index is 905. The van der Waals surface area contributed by atoms with E-state index >= 15 is 0 Å². The predicted octanol–water partition coefficient (Wildman–Crippen LogP) is 7.00. The number of rotatable bonds is 20. The van der Waals surface area contributed by atoms with Gasteiger partial charge >= 0.3 is 5.97 Å². The Labute approximate surface area is 275 Å². The number of esters is 1. The van der Waals surface area contributed by atoms with E-state index in [1.165, 1.54) is 6.92 Å². The number of carbonyl (C=O) groups is 3. The minimum absolute atomic E-state index is 0.0103. The van der Waals surface area contributed by atoms with Gasteiger partial charge in [-0.25, -0.2) is 0 Å². The van der Waals surface area contributed by atoms with E-state index in [9.17, 15) is 14.4 Å². The van der Waals surface area contributed by atoms with Crippen molar-refractivity contribution in [1.82, 2.24) is 0 Å². The second-order valence-corrected chi connectivity index (χ2v) is 20.5. The summed E-state index contributed by atoms with van der Waals surface area (Å²) in [6.07, 6.45) is 1.76. The first-order chi connectivity index (χ1) is 20.7. The van der Waals surface area contributed by atoms with Crippen LogP contribution in [0.4, 0.5) is 0 Å². The van der Waals surface area contributed by atoms with Crippen molar-refractivity contribution < 1.29 is 42.5 Å². The third-order valence-electron chi connectivity index (χ3n) is 10.1. The lowest BCUT2D eigenvalue weighted by atomic mass is 9.83. The van der Waals surface area contributed by atoms with Gasteiger partial charge in [0.15, 0.2) is 14.6 Å². The Balaban J connectivity index is 2.99.